The number of carbonyl (C=O) groups is 2. The van der Waals surface area contributed by atoms with Crippen molar-refractivity contribution in [3.8, 4) is 5.75 Å². The van der Waals surface area contributed by atoms with E-state index >= 15 is 0 Å². The second kappa shape index (κ2) is 10.2. The Morgan fingerprint density at radius 2 is 1.75 bits per heavy atom. The van der Waals surface area contributed by atoms with E-state index in [1.165, 1.54) is 30.3 Å². The fraction of sp³-hybridized carbons (Fsp3) is 0.148. The van der Waals surface area contributed by atoms with E-state index in [4.69, 9.17) is 16.3 Å². The molecule has 0 saturated carbocycles. The molecule has 4 aromatic rings. The van der Waals surface area contributed by atoms with E-state index < -0.39 is 39.6 Å². The number of nitro benzene ring substituents is 1. The number of hydrogen-bond donors (Lipinski definition) is 1. The van der Waals surface area contributed by atoms with Crippen LogP contribution in [0.2, 0.25) is 5.02 Å². The number of nitro groups is 1. The van der Waals surface area contributed by atoms with Crippen molar-refractivity contribution in [2.45, 2.75) is 22.8 Å². The number of rotatable bonds is 6. The smallest absolute Gasteiger partial charge is 0.305 e. The molecule has 1 saturated heterocycles. The summed E-state index contributed by atoms with van der Waals surface area (Å²) in [7, 11) is 0. The molecule has 1 fully saturated rings. The van der Waals surface area contributed by atoms with E-state index in [0.717, 1.165) is 45.7 Å². The van der Waals surface area contributed by atoms with Crippen molar-refractivity contribution in [3.63, 3.8) is 0 Å². The summed E-state index contributed by atoms with van der Waals surface area (Å²) in [4.78, 5) is 54.9. The molecule has 3 aromatic carbocycles. The number of halogens is 2. The highest BCUT2D eigenvalue weighted by Crippen LogP contribution is 2.55. The number of nitrogens with zero attached hydrogens (tertiary/aromatic N) is 2. The molecule has 202 valence electrons. The van der Waals surface area contributed by atoms with E-state index in [1.807, 2.05) is 0 Å². The Morgan fingerprint density at radius 1 is 1.02 bits per heavy atom. The van der Waals surface area contributed by atoms with Crippen LogP contribution in [0.25, 0.3) is 0 Å². The number of H-pyrrole nitrogens is 1. The van der Waals surface area contributed by atoms with Crippen LogP contribution in [0.3, 0.4) is 0 Å². The molecule has 0 radical (unpaired) electrons. The number of fused-ring (bicyclic) bond motifs is 2. The largest absolute Gasteiger partial charge is 0.489 e. The minimum absolute atomic E-state index is 0.0996. The van der Waals surface area contributed by atoms with Crippen molar-refractivity contribution in [3.05, 3.63) is 113 Å². The van der Waals surface area contributed by atoms with Crippen molar-refractivity contribution in [2.24, 2.45) is 5.92 Å². The highest BCUT2D eigenvalue weighted by atomic mass is 35.5. The van der Waals surface area contributed by atoms with Gasteiger partial charge in [-0.15, -0.1) is 0 Å². The van der Waals surface area contributed by atoms with Crippen molar-refractivity contribution in [2.75, 3.05) is 4.90 Å². The minimum atomic E-state index is -0.999. The standard InChI is InChI=1S/C27H17ClFN3O6S2/c28-14-3-1-13(2-4-14)12-38-19-10-9-17(32(36)37)11-18(19)20-21-23(39-24-22(20)40-27(35)30-24)26(34)31(25(21)33)16-7-5-15(29)6-8-16/h1-11,20-21,23H,12H2,(H,30,35)/t20-,21-,23+/m0/s1. The average molecular weight is 598 g/mol. The van der Waals surface area contributed by atoms with Gasteiger partial charge in [-0.05, 0) is 48.0 Å². The van der Waals surface area contributed by atoms with Crippen LogP contribution in [0.15, 0.2) is 76.6 Å². The second-order valence-electron chi connectivity index (χ2n) is 9.13. The van der Waals surface area contributed by atoms with Gasteiger partial charge in [-0.3, -0.25) is 24.5 Å². The molecule has 0 aliphatic carbocycles. The van der Waals surface area contributed by atoms with Crippen LogP contribution in [-0.4, -0.2) is 27.0 Å². The molecule has 1 N–H and O–H groups in total. The molecule has 9 nitrogen and oxygen atoms in total. The number of carbonyl (C=O) groups excluding carboxylic acids is 2. The topological polar surface area (TPSA) is 123 Å². The number of thiazole rings is 1. The summed E-state index contributed by atoms with van der Waals surface area (Å²) in [6.07, 6.45) is 0. The molecule has 40 heavy (non-hydrogen) atoms. The highest BCUT2D eigenvalue weighted by Gasteiger charge is 2.57. The minimum Gasteiger partial charge on any atom is -0.489 e. The molecular weight excluding hydrogens is 581 g/mol. The number of aromatic nitrogens is 1. The van der Waals surface area contributed by atoms with E-state index in [2.05, 4.69) is 4.98 Å². The van der Waals surface area contributed by atoms with Crippen LogP contribution >= 0.6 is 34.7 Å². The number of thioether (sulfide) groups is 1. The number of hydrogen-bond acceptors (Lipinski definition) is 8. The van der Waals surface area contributed by atoms with Gasteiger partial charge >= 0.3 is 4.87 Å². The third-order valence-corrected chi connectivity index (χ3v) is 9.41. The molecule has 2 amide bonds. The Morgan fingerprint density at radius 3 is 2.45 bits per heavy atom. The molecule has 2 aliphatic rings. The average Bonchev–Trinajstić information content (AvgIpc) is 3.43. The molecule has 0 bridgehead atoms. The first kappa shape index (κ1) is 26.2. The maximum Gasteiger partial charge on any atom is 0.305 e. The second-order valence-corrected chi connectivity index (χ2v) is 11.7. The summed E-state index contributed by atoms with van der Waals surface area (Å²) in [6.45, 7) is 0.0996. The lowest BCUT2D eigenvalue weighted by atomic mass is 9.82. The number of ether oxygens (including phenoxy) is 1. The predicted molar refractivity (Wildman–Crippen MR) is 148 cm³/mol. The van der Waals surface area contributed by atoms with E-state index in [1.54, 1.807) is 24.3 Å². The molecule has 2 aliphatic heterocycles. The summed E-state index contributed by atoms with van der Waals surface area (Å²) in [5.41, 5.74) is 1.06. The van der Waals surface area contributed by atoms with Gasteiger partial charge in [-0.25, -0.2) is 9.29 Å². The lowest BCUT2D eigenvalue weighted by Gasteiger charge is -2.30. The summed E-state index contributed by atoms with van der Waals surface area (Å²) in [5.74, 6) is -3.23. The van der Waals surface area contributed by atoms with Crippen LogP contribution in [0, 0.1) is 21.8 Å². The summed E-state index contributed by atoms with van der Waals surface area (Å²) in [6, 6.07) is 16.0. The van der Waals surface area contributed by atoms with Gasteiger partial charge in [0.05, 0.1) is 21.6 Å². The fourth-order valence-corrected chi connectivity index (χ4v) is 7.59. The Kier molecular flexibility index (Phi) is 6.69. The monoisotopic (exact) mass is 597 g/mol. The van der Waals surface area contributed by atoms with Gasteiger partial charge in [0, 0.05) is 33.5 Å². The Labute approximate surface area is 238 Å². The van der Waals surface area contributed by atoms with Gasteiger partial charge in [0.2, 0.25) is 11.8 Å². The van der Waals surface area contributed by atoms with Crippen molar-refractivity contribution in [1.29, 1.82) is 0 Å². The van der Waals surface area contributed by atoms with Crippen molar-refractivity contribution < 1.29 is 23.6 Å². The number of benzene rings is 3. The zero-order valence-corrected chi connectivity index (χ0v) is 22.6. The van der Waals surface area contributed by atoms with Crippen LogP contribution in [0.5, 0.6) is 5.75 Å². The molecular formula is C27H17ClFN3O6S2. The Bertz CT molecular complexity index is 1720. The van der Waals surface area contributed by atoms with Crippen LogP contribution in [-0.2, 0) is 16.2 Å². The molecule has 13 heteroatoms. The van der Waals surface area contributed by atoms with E-state index in [0.29, 0.717) is 20.5 Å². The summed E-state index contributed by atoms with van der Waals surface area (Å²) in [5, 5.41) is 11.8. The van der Waals surface area contributed by atoms with Crippen LogP contribution in [0.1, 0.15) is 21.9 Å². The predicted octanol–water partition coefficient (Wildman–Crippen LogP) is 5.51. The number of aromatic amines is 1. The van der Waals surface area contributed by atoms with Crippen molar-refractivity contribution >= 4 is 57.9 Å². The van der Waals surface area contributed by atoms with E-state index in [9.17, 15) is 28.9 Å². The van der Waals surface area contributed by atoms with Gasteiger partial charge in [0.15, 0.2) is 0 Å². The maximum absolute atomic E-state index is 13.9. The quantitative estimate of drug-likeness (QED) is 0.177. The number of imide groups is 1. The zero-order valence-electron chi connectivity index (χ0n) is 20.2. The Hall–Kier alpha value is -4.00. The number of anilines is 1. The Balaban J connectivity index is 1.47. The molecule has 0 unspecified atom stereocenters. The van der Waals surface area contributed by atoms with Crippen LogP contribution in [0.4, 0.5) is 15.8 Å². The third kappa shape index (κ3) is 4.57. The number of nitrogens with one attached hydrogen (secondary N) is 1. The van der Waals surface area contributed by atoms with Crippen molar-refractivity contribution in [1.82, 2.24) is 4.98 Å². The molecule has 3 atom stereocenters. The zero-order chi connectivity index (χ0) is 28.1. The normalized spacial score (nSPS) is 19.9. The third-order valence-electron chi connectivity index (χ3n) is 6.76. The molecule has 0 spiro atoms. The van der Waals surface area contributed by atoms with E-state index in [-0.39, 0.29) is 28.6 Å². The molecule has 3 heterocycles. The maximum atomic E-state index is 13.9. The summed E-state index contributed by atoms with van der Waals surface area (Å²) < 4.78 is 19.7. The lowest BCUT2D eigenvalue weighted by Crippen LogP contribution is -2.32. The van der Waals surface area contributed by atoms with Gasteiger partial charge in [0.25, 0.3) is 5.69 Å². The number of amides is 2. The SMILES string of the molecule is O=C1[C@H]2[C@H](c3cc([N+](=O)[O-])ccc3OCc3ccc(Cl)cc3)c3sc(=O)[nH]c3S[C@H]2C(=O)N1c1ccc(F)cc1. The number of non-ortho nitro benzene ring substituents is 1. The van der Waals surface area contributed by atoms with Crippen LogP contribution < -0.4 is 14.5 Å². The summed E-state index contributed by atoms with van der Waals surface area (Å²) >= 11 is 7.93. The lowest BCUT2D eigenvalue weighted by molar-refractivity contribution is -0.385. The van der Waals surface area contributed by atoms with Gasteiger partial charge in [-0.2, -0.15) is 0 Å². The molecule has 6 rings (SSSR count). The fourth-order valence-electron chi connectivity index (χ4n) is 4.96. The highest BCUT2D eigenvalue weighted by molar-refractivity contribution is 8.00. The first-order valence-electron chi connectivity index (χ1n) is 11.9. The van der Waals surface area contributed by atoms with Gasteiger partial charge < -0.3 is 9.72 Å². The first-order chi connectivity index (χ1) is 19.2. The van der Waals surface area contributed by atoms with Gasteiger partial charge in [-0.1, -0.05) is 46.8 Å². The first-order valence-corrected chi connectivity index (χ1v) is 14.0. The van der Waals surface area contributed by atoms with Gasteiger partial charge in [0.1, 0.15) is 23.4 Å². The molecule has 1 aromatic heterocycles.